The van der Waals surface area contributed by atoms with Crippen LogP contribution in [-0.2, 0) is 13.0 Å². The molecule has 0 bridgehead atoms. The molecule has 0 aliphatic rings. The Bertz CT molecular complexity index is 557. The van der Waals surface area contributed by atoms with E-state index in [4.69, 9.17) is 0 Å². The van der Waals surface area contributed by atoms with E-state index in [1.807, 2.05) is 4.68 Å². The molecule has 2 heterocycles. The minimum Gasteiger partial charge on any atom is -0.353 e. The van der Waals surface area contributed by atoms with Crippen LogP contribution in [-0.4, -0.2) is 20.0 Å². The lowest BCUT2D eigenvalue weighted by Crippen LogP contribution is -2.09. The largest absolute Gasteiger partial charge is 0.353 e. The normalized spacial score (nSPS) is 12.7. The van der Waals surface area contributed by atoms with Crippen molar-refractivity contribution in [2.45, 2.75) is 53.6 Å². The topological polar surface area (TPSA) is 55.6 Å². The van der Waals surface area contributed by atoms with Gasteiger partial charge in [0.15, 0.2) is 0 Å². The van der Waals surface area contributed by atoms with Gasteiger partial charge in [-0.2, -0.15) is 5.10 Å². The number of nitrogens with one attached hydrogen (secondary N) is 1. The Balaban J connectivity index is 2.19. The number of aryl methyl sites for hydroxylation is 3. The van der Waals surface area contributed by atoms with Gasteiger partial charge in [0.25, 0.3) is 0 Å². The second kappa shape index (κ2) is 5.69. The summed E-state index contributed by atoms with van der Waals surface area (Å²) in [6.45, 7) is 11.4. The average Bonchev–Trinajstić information content (AvgIpc) is 2.93. The summed E-state index contributed by atoms with van der Waals surface area (Å²) in [5.41, 5.74) is 3.56. The van der Waals surface area contributed by atoms with Crippen LogP contribution in [0.15, 0.2) is 0 Å². The van der Waals surface area contributed by atoms with Gasteiger partial charge in [-0.3, -0.25) is 4.68 Å². The van der Waals surface area contributed by atoms with Gasteiger partial charge in [0.2, 0.25) is 5.13 Å². The Hall–Kier alpha value is -1.43. The zero-order valence-corrected chi connectivity index (χ0v) is 13.0. The van der Waals surface area contributed by atoms with Crippen molar-refractivity contribution >= 4 is 16.5 Å². The summed E-state index contributed by atoms with van der Waals surface area (Å²) in [6.07, 6.45) is 0.930. The van der Waals surface area contributed by atoms with Crippen molar-refractivity contribution in [3.63, 3.8) is 0 Å². The van der Waals surface area contributed by atoms with Gasteiger partial charge in [0.1, 0.15) is 5.01 Å². The van der Waals surface area contributed by atoms with Crippen molar-refractivity contribution in [1.29, 1.82) is 0 Å². The summed E-state index contributed by atoms with van der Waals surface area (Å²) in [6, 6.07) is 0.193. The minimum atomic E-state index is 0.193. The quantitative estimate of drug-likeness (QED) is 0.913. The zero-order chi connectivity index (χ0) is 14.0. The third kappa shape index (κ3) is 2.78. The highest BCUT2D eigenvalue weighted by Crippen LogP contribution is 2.26. The van der Waals surface area contributed by atoms with E-state index in [0.717, 1.165) is 28.8 Å². The number of nitrogens with zero attached hydrogens (tertiary/aromatic N) is 4. The molecule has 1 atom stereocenters. The van der Waals surface area contributed by atoms with Gasteiger partial charge in [-0.05, 0) is 34.1 Å². The Morgan fingerprint density at radius 2 is 2.00 bits per heavy atom. The maximum Gasteiger partial charge on any atom is 0.206 e. The number of hydrogen-bond donors (Lipinski definition) is 1. The highest BCUT2D eigenvalue weighted by Gasteiger charge is 2.18. The van der Waals surface area contributed by atoms with Crippen LogP contribution >= 0.6 is 11.3 Å². The van der Waals surface area contributed by atoms with Crippen LogP contribution in [0.25, 0.3) is 0 Å². The van der Waals surface area contributed by atoms with E-state index in [1.54, 1.807) is 11.3 Å². The molecule has 0 fully saturated rings. The molecule has 5 nitrogen and oxygen atoms in total. The maximum atomic E-state index is 4.56. The maximum absolute atomic E-state index is 4.56. The summed E-state index contributed by atoms with van der Waals surface area (Å²) < 4.78 is 2.04. The highest BCUT2D eigenvalue weighted by molar-refractivity contribution is 7.15. The van der Waals surface area contributed by atoms with Crippen molar-refractivity contribution in [1.82, 2.24) is 20.0 Å². The zero-order valence-electron chi connectivity index (χ0n) is 12.2. The van der Waals surface area contributed by atoms with Crippen molar-refractivity contribution in [2.24, 2.45) is 0 Å². The Labute approximate surface area is 118 Å². The predicted octanol–water partition coefficient (Wildman–Crippen LogP) is 3.11. The lowest BCUT2D eigenvalue weighted by atomic mass is 10.1. The lowest BCUT2D eigenvalue weighted by molar-refractivity contribution is 0.632. The molecule has 1 unspecified atom stereocenters. The van der Waals surface area contributed by atoms with Gasteiger partial charge in [-0.15, -0.1) is 10.2 Å². The molecule has 0 aliphatic heterocycles. The van der Waals surface area contributed by atoms with E-state index in [0.29, 0.717) is 0 Å². The van der Waals surface area contributed by atoms with Gasteiger partial charge in [-0.1, -0.05) is 18.3 Å². The number of aromatic nitrogens is 4. The fourth-order valence-electron chi connectivity index (χ4n) is 2.36. The molecule has 6 heteroatoms. The van der Waals surface area contributed by atoms with Gasteiger partial charge >= 0.3 is 0 Å². The van der Waals surface area contributed by atoms with Crippen LogP contribution in [0, 0.1) is 13.8 Å². The third-order valence-electron chi connectivity index (χ3n) is 3.28. The molecule has 19 heavy (non-hydrogen) atoms. The molecule has 2 aromatic rings. The Morgan fingerprint density at radius 1 is 1.26 bits per heavy atom. The second-order valence-electron chi connectivity index (χ2n) is 4.62. The molecule has 1 N–H and O–H groups in total. The predicted molar refractivity (Wildman–Crippen MR) is 78.7 cm³/mol. The van der Waals surface area contributed by atoms with Crippen molar-refractivity contribution in [3.05, 3.63) is 22.0 Å². The van der Waals surface area contributed by atoms with Gasteiger partial charge in [0, 0.05) is 17.8 Å². The SMILES string of the molecule is CCc1nnc(NC(C)c2c(C)nn(CC)c2C)s1. The van der Waals surface area contributed by atoms with Gasteiger partial charge in [-0.25, -0.2) is 0 Å². The van der Waals surface area contributed by atoms with Crippen LogP contribution in [0.3, 0.4) is 0 Å². The standard InChI is InChI=1S/C13H21N5S/c1-6-11-15-16-13(19-11)14-8(3)12-9(4)17-18(7-2)10(12)5/h8H,6-7H2,1-5H3,(H,14,16). The molecule has 0 aromatic carbocycles. The number of hydrogen-bond acceptors (Lipinski definition) is 5. The van der Waals surface area contributed by atoms with E-state index < -0.39 is 0 Å². The van der Waals surface area contributed by atoms with Crippen LogP contribution in [0.4, 0.5) is 5.13 Å². The molecule has 0 saturated carbocycles. The first-order valence-corrected chi connectivity index (χ1v) is 7.51. The van der Waals surface area contributed by atoms with Gasteiger partial charge < -0.3 is 5.32 Å². The molecular weight excluding hydrogens is 258 g/mol. The van der Waals surface area contributed by atoms with Crippen molar-refractivity contribution < 1.29 is 0 Å². The molecule has 2 aromatic heterocycles. The summed E-state index contributed by atoms with van der Waals surface area (Å²) in [5, 5.41) is 18.2. The second-order valence-corrected chi connectivity index (χ2v) is 5.68. The van der Waals surface area contributed by atoms with E-state index in [-0.39, 0.29) is 6.04 Å². The fraction of sp³-hybridized carbons (Fsp3) is 0.615. The lowest BCUT2D eigenvalue weighted by Gasteiger charge is -2.13. The number of anilines is 1. The monoisotopic (exact) mass is 279 g/mol. The molecule has 104 valence electrons. The van der Waals surface area contributed by atoms with Crippen LogP contribution in [0.1, 0.15) is 48.8 Å². The molecular formula is C13H21N5S. The molecule has 0 saturated heterocycles. The first-order valence-electron chi connectivity index (χ1n) is 6.69. The Kier molecular flexibility index (Phi) is 4.19. The first-order chi connectivity index (χ1) is 9.06. The van der Waals surface area contributed by atoms with E-state index in [1.165, 1.54) is 11.3 Å². The molecule has 0 spiro atoms. The number of rotatable bonds is 5. The molecule has 0 amide bonds. The summed E-state index contributed by atoms with van der Waals surface area (Å²) in [7, 11) is 0. The van der Waals surface area contributed by atoms with E-state index in [9.17, 15) is 0 Å². The van der Waals surface area contributed by atoms with Gasteiger partial charge in [0.05, 0.1) is 11.7 Å². The highest BCUT2D eigenvalue weighted by atomic mass is 32.1. The first kappa shape index (κ1) is 14.0. The summed E-state index contributed by atoms with van der Waals surface area (Å²) in [4.78, 5) is 0. The van der Waals surface area contributed by atoms with Crippen LogP contribution in [0.5, 0.6) is 0 Å². The molecule has 2 rings (SSSR count). The molecule has 0 aliphatic carbocycles. The minimum absolute atomic E-state index is 0.193. The third-order valence-corrected chi connectivity index (χ3v) is 4.28. The average molecular weight is 279 g/mol. The molecule has 0 radical (unpaired) electrons. The van der Waals surface area contributed by atoms with Crippen molar-refractivity contribution in [2.75, 3.05) is 5.32 Å². The smallest absolute Gasteiger partial charge is 0.206 e. The Morgan fingerprint density at radius 3 is 2.53 bits per heavy atom. The summed E-state index contributed by atoms with van der Waals surface area (Å²) in [5.74, 6) is 0. The van der Waals surface area contributed by atoms with Crippen molar-refractivity contribution in [3.8, 4) is 0 Å². The summed E-state index contributed by atoms with van der Waals surface area (Å²) >= 11 is 1.62. The van der Waals surface area contributed by atoms with Crippen LogP contribution in [0.2, 0.25) is 0 Å². The fourth-order valence-corrected chi connectivity index (χ4v) is 3.12. The van der Waals surface area contributed by atoms with E-state index >= 15 is 0 Å². The van der Waals surface area contributed by atoms with E-state index in [2.05, 4.69) is 55.2 Å². The van der Waals surface area contributed by atoms with Crippen LogP contribution < -0.4 is 5.32 Å².